The van der Waals surface area contributed by atoms with Crippen LogP contribution in [0.1, 0.15) is 21.1 Å². The molecular weight excluding hydrogens is 76.1 g/mol. The molecule has 0 N–H and O–H groups in total. The molecule has 0 aliphatic rings. The molecule has 0 radical (unpaired) electrons. The molecule has 0 bridgehead atoms. The lowest BCUT2D eigenvalue weighted by Gasteiger charge is -1.68. The molecule has 0 fully saturated rings. The third-order valence-electron chi connectivity index (χ3n) is 0.499. The zero-order valence-corrected chi connectivity index (χ0v) is 3.89. The van der Waals surface area contributed by atoms with Gasteiger partial charge in [-0.05, 0) is 6.42 Å². The van der Waals surface area contributed by atoms with Gasteiger partial charge in [0.1, 0.15) is 6.35 Å². The predicted octanol–water partition coefficient (Wildman–Crippen LogP) is 1.64. The van der Waals surface area contributed by atoms with Crippen molar-refractivity contribution in [1.29, 1.82) is 5.39 Å². The molecule has 2 nitrogen and oxygen atoms in total. The predicted molar refractivity (Wildman–Crippen MR) is 24.9 cm³/mol. The molecule has 2 heteroatoms. The van der Waals surface area contributed by atoms with Crippen LogP contribution in [-0.2, 0) is 0 Å². The third kappa shape index (κ3) is 3.42. The number of diazo groups is 1. The van der Waals surface area contributed by atoms with Gasteiger partial charge >= 0.3 is 6.52 Å². The molecule has 0 spiro atoms. The van der Waals surface area contributed by atoms with Crippen LogP contribution in [0.15, 0.2) is 0 Å². The fourth-order valence-electron chi connectivity index (χ4n) is 0.187. The Morgan fingerprint density at radius 2 is 2.67 bits per heavy atom. The van der Waals surface area contributed by atoms with E-state index < -0.39 is 6.52 Å². The minimum Gasteiger partial charge on any atom is -0.0651 e. The Balaban J connectivity index is 3.04. The molecule has 0 heterocycles. The van der Waals surface area contributed by atoms with Crippen LogP contribution in [0, 0.1) is 5.39 Å². The highest BCUT2D eigenvalue weighted by Gasteiger charge is 1.86. The second-order valence-electron chi connectivity index (χ2n) is 1.09. The monoisotopic (exact) mass is 86.1 g/mol. The Morgan fingerprint density at radius 1 is 2.00 bits per heavy atom. The molecule has 34 valence electrons. The zero-order valence-electron chi connectivity index (χ0n) is 4.89. The molecule has 0 aromatic heterocycles. The fraction of sp³-hybridized carbons (Fsp3) is 1.00. The van der Waals surface area contributed by atoms with Gasteiger partial charge in [0.05, 0.1) is 0 Å². The Bertz CT molecular complexity index is 76.2. The highest BCUT2D eigenvalue weighted by molar-refractivity contribution is 4.50. The normalized spacial score (nSPS) is 15.0. The van der Waals surface area contributed by atoms with Gasteiger partial charge in [0.25, 0.3) is 0 Å². The smallest absolute Gasteiger partial charge is 0.0651 e. The first-order valence-electron chi connectivity index (χ1n) is 2.65. The van der Waals surface area contributed by atoms with Gasteiger partial charge in [-0.2, -0.15) is 0 Å². The Labute approximate surface area is 39.2 Å². The topological polar surface area (TPSA) is 28.1 Å². The van der Waals surface area contributed by atoms with Crippen LogP contribution in [0.5, 0.6) is 0 Å². The standard InChI is InChI=1S/C4H9N2/c1-2-3-4-6-5/h2-4H2,1H3/q+1/i4D/t4-/m1/s1. The van der Waals surface area contributed by atoms with Crippen LogP contribution in [0.4, 0.5) is 0 Å². The molecule has 0 aliphatic carbocycles. The van der Waals surface area contributed by atoms with Crippen molar-refractivity contribution >= 4 is 0 Å². The van der Waals surface area contributed by atoms with Crippen LogP contribution >= 0.6 is 0 Å². The Morgan fingerprint density at radius 3 is 2.83 bits per heavy atom. The molecule has 0 rings (SSSR count). The maximum Gasteiger partial charge on any atom is 0.305 e. The Kier molecular flexibility index (Phi) is 2.66. The summed E-state index contributed by atoms with van der Waals surface area (Å²) >= 11 is 0. The van der Waals surface area contributed by atoms with E-state index in [1.807, 2.05) is 6.92 Å². The summed E-state index contributed by atoms with van der Waals surface area (Å²) in [5, 5.41) is 7.90. The van der Waals surface area contributed by atoms with Gasteiger partial charge in [-0.1, -0.05) is 6.92 Å². The maximum absolute atomic E-state index is 7.90. The van der Waals surface area contributed by atoms with E-state index in [0.717, 1.165) is 6.42 Å². The summed E-state index contributed by atoms with van der Waals surface area (Å²) in [4.78, 5) is 2.74. The maximum atomic E-state index is 7.90. The van der Waals surface area contributed by atoms with E-state index in [1.54, 1.807) is 0 Å². The lowest BCUT2D eigenvalue weighted by Crippen LogP contribution is -1.70. The number of hydrogen-bond acceptors (Lipinski definition) is 1. The van der Waals surface area contributed by atoms with Crippen LogP contribution < -0.4 is 0 Å². The second-order valence-corrected chi connectivity index (χ2v) is 1.09. The van der Waals surface area contributed by atoms with Crippen molar-refractivity contribution in [2.45, 2.75) is 19.8 Å². The van der Waals surface area contributed by atoms with E-state index in [0.29, 0.717) is 6.42 Å². The summed E-state index contributed by atoms with van der Waals surface area (Å²) in [6.07, 6.45) is 1.55. The van der Waals surface area contributed by atoms with Crippen molar-refractivity contribution < 1.29 is 1.37 Å². The molecule has 0 unspecified atom stereocenters. The summed E-state index contributed by atoms with van der Waals surface area (Å²) in [6, 6.07) is 0. The molecule has 0 aliphatic heterocycles. The average Bonchev–Trinajstić information content (AvgIpc) is 1.68. The van der Waals surface area contributed by atoms with E-state index in [1.165, 1.54) is 0 Å². The summed E-state index contributed by atoms with van der Waals surface area (Å²) in [6.45, 7) is 1.33. The van der Waals surface area contributed by atoms with Crippen LogP contribution in [-0.4, -0.2) is 6.52 Å². The van der Waals surface area contributed by atoms with Gasteiger partial charge in [-0.25, -0.2) is 0 Å². The highest BCUT2D eigenvalue weighted by Crippen LogP contribution is 1.83. The molecule has 0 amide bonds. The van der Waals surface area contributed by atoms with Gasteiger partial charge in [-0.3, -0.25) is 0 Å². The summed E-state index contributed by atoms with van der Waals surface area (Å²) in [7, 11) is 0. The quantitative estimate of drug-likeness (QED) is 0.469. The van der Waals surface area contributed by atoms with E-state index in [2.05, 4.69) is 4.98 Å². The molecule has 0 aromatic rings. The lowest BCUT2D eigenvalue weighted by molar-refractivity contribution is 0.851. The van der Waals surface area contributed by atoms with E-state index in [-0.39, 0.29) is 0 Å². The largest absolute Gasteiger partial charge is 0.305 e. The molecule has 0 saturated carbocycles. The highest BCUT2D eigenvalue weighted by atomic mass is 14.8. The molecule has 0 aromatic carbocycles. The van der Waals surface area contributed by atoms with Crippen molar-refractivity contribution in [3.8, 4) is 0 Å². The summed E-state index contributed by atoms with van der Waals surface area (Å²) in [5.41, 5.74) is 0. The second kappa shape index (κ2) is 4.42. The minimum atomic E-state index is -0.620. The van der Waals surface area contributed by atoms with Crippen molar-refractivity contribution in [3.63, 3.8) is 0 Å². The summed E-state index contributed by atoms with van der Waals surface area (Å²) in [5.74, 6) is 0. The van der Waals surface area contributed by atoms with Gasteiger partial charge in [0.15, 0.2) is 0 Å². The number of rotatable bonds is 2. The van der Waals surface area contributed by atoms with Crippen molar-refractivity contribution in [2.24, 2.45) is 0 Å². The first-order valence-corrected chi connectivity index (χ1v) is 2.07. The number of hydrogen-bond donors (Lipinski definition) is 0. The van der Waals surface area contributed by atoms with Crippen molar-refractivity contribution in [2.75, 3.05) is 6.52 Å². The van der Waals surface area contributed by atoms with E-state index >= 15 is 0 Å². The van der Waals surface area contributed by atoms with Gasteiger partial charge in [0, 0.05) is 6.42 Å². The van der Waals surface area contributed by atoms with E-state index in [9.17, 15) is 0 Å². The van der Waals surface area contributed by atoms with Crippen molar-refractivity contribution in [3.05, 3.63) is 4.98 Å². The molecule has 1 atom stereocenters. The fourth-order valence-corrected chi connectivity index (χ4v) is 0.187. The van der Waals surface area contributed by atoms with E-state index in [4.69, 9.17) is 6.76 Å². The minimum absolute atomic E-state index is 0.620. The Hall–Kier alpha value is -0.580. The van der Waals surface area contributed by atoms with Crippen molar-refractivity contribution in [1.82, 2.24) is 0 Å². The first-order chi connectivity index (χ1) is 3.31. The first kappa shape index (κ1) is 3.60. The molecular formula is C4H9N2+. The summed E-state index contributed by atoms with van der Waals surface area (Å²) < 4.78 is 6.80. The van der Waals surface area contributed by atoms with Gasteiger partial charge in [0.2, 0.25) is 5.39 Å². The van der Waals surface area contributed by atoms with Crippen LogP contribution in [0.25, 0.3) is 4.98 Å². The average molecular weight is 86.1 g/mol. The number of nitrogens with zero attached hydrogens (tertiary/aromatic N) is 2. The molecule has 0 saturated heterocycles. The molecule has 6 heavy (non-hydrogen) atoms. The van der Waals surface area contributed by atoms with Crippen LogP contribution in [0.2, 0.25) is 0 Å². The lowest BCUT2D eigenvalue weighted by atomic mass is 10.3. The zero-order chi connectivity index (χ0) is 5.70. The van der Waals surface area contributed by atoms with Gasteiger partial charge < -0.3 is 0 Å². The van der Waals surface area contributed by atoms with Gasteiger partial charge in [-0.15, -0.1) is 0 Å². The third-order valence-corrected chi connectivity index (χ3v) is 0.499. The van der Waals surface area contributed by atoms with Crippen LogP contribution in [0.3, 0.4) is 0 Å². The SMILES string of the molecule is [2H][C@H](CCC)[N+]#N.